The molecule has 2 nitrogen and oxygen atoms in total. The van der Waals surface area contributed by atoms with Crippen molar-refractivity contribution in [3.63, 3.8) is 0 Å². The summed E-state index contributed by atoms with van der Waals surface area (Å²) in [6.07, 6.45) is 0.870. The second-order valence-electron chi connectivity index (χ2n) is 4.67. The molecule has 0 radical (unpaired) electrons. The van der Waals surface area contributed by atoms with E-state index in [1.807, 2.05) is 42.5 Å². The Labute approximate surface area is 119 Å². The van der Waals surface area contributed by atoms with E-state index in [-0.39, 0.29) is 6.04 Å². The van der Waals surface area contributed by atoms with Gasteiger partial charge in [0.1, 0.15) is 0 Å². The predicted octanol–water partition coefficient (Wildman–Crippen LogP) is 3.87. The van der Waals surface area contributed by atoms with Crippen molar-refractivity contribution in [2.45, 2.75) is 12.5 Å². The Morgan fingerprint density at radius 1 is 1.05 bits per heavy atom. The van der Waals surface area contributed by atoms with Gasteiger partial charge >= 0.3 is 0 Å². The average molecular weight is 275 g/mol. The highest BCUT2D eigenvalue weighted by molar-refractivity contribution is 6.31. The molecule has 19 heavy (non-hydrogen) atoms. The van der Waals surface area contributed by atoms with Crippen molar-refractivity contribution in [1.82, 2.24) is 0 Å². The molecule has 0 aliphatic heterocycles. The van der Waals surface area contributed by atoms with E-state index in [9.17, 15) is 0 Å². The highest BCUT2D eigenvalue weighted by atomic mass is 35.5. The summed E-state index contributed by atoms with van der Waals surface area (Å²) >= 11 is 6.16. The molecule has 0 aromatic heterocycles. The second-order valence-corrected chi connectivity index (χ2v) is 5.08. The minimum atomic E-state index is -0.0279. The minimum absolute atomic E-state index is 0.0279. The molecule has 0 spiro atoms. The standard InChI is InChI=1S/C16H19ClN2/c1-19(13-7-3-2-4-8-13)12-11-16(18)14-9-5-6-10-15(14)17/h2-10,16H,11-12,18H2,1H3. The number of para-hydroxylation sites is 1. The van der Waals surface area contributed by atoms with Crippen LogP contribution in [-0.4, -0.2) is 13.6 Å². The molecular weight excluding hydrogens is 256 g/mol. The van der Waals surface area contributed by atoms with Crippen molar-refractivity contribution in [3.8, 4) is 0 Å². The maximum Gasteiger partial charge on any atom is 0.0453 e. The molecule has 2 rings (SSSR count). The van der Waals surface area contributed by atoms with Crippen LogP contribution in [0.15, 0.2) is 54.6 Å². The molecule has 0 heterocycles. The van der Waals surface area contributed by atoms with E-state index in [2.05, 4.69) is 24.1 Å². The summed E-state index contributed by atoms with van der Waals surface area (Å²) in [4.78, 5) is 2.21. The van der Waals surface area contributed by atoms with E-state index >= 15 is 0 Å². The van der Waals surface area contributed by atoms with Gasteiger partial charge in [-0.25, -0.2) is 0 Å². The molecule has 1 atom stereocenters. The first-order valence-electron chi connectivity index (χ1n) is 6.44. The SMILES string of the molecule is CN(CCC(N)c1ccccc1Cl)c1ccccc1. The summed E-state index contributed by atoms with van der Waals surface area (Å²) in [5, 5.41) is 0.748. The number of nitrogens with two attached hydrogens (primary N) is 1. The van der Waals surface area contributed by atoms with E-state index < -0.39 is 0 Å². The summed E-state index contributed by atoms with van der Waals surface area (Å²) < 4.78 is 0. The number of nitrogens with zero attached hydrogens (tertiary/aromatic N) is 1. The molecule has 3 heteroatoms. The number of benzene rings is 2. The van der Waals surface area contributed by atoms with Crippen LogP contribution in [0.3, 0.4) is 0 Å². The van der Waals surface area contributed by atoms with Gasteiger partial charge in [0.05, 0.1) is 0 Å². The number of hydrogen-bond donors (Lipinski definition) is 1. The van der Waals surface area contributed by atoms with Gasteiger partial charge in [0.15, 0.2) is 0 Å². The lowest BCUT2D eigenvalue weighted by molar-refractivity contribution is 0.646. The van der Waals surface area contributed by atoms with Crippen LogP contribution in [0.2, 0.25) is 5.02 Å². The zero-order chi connectivity index (χ0) is 13.7. The minimum Gasteiger partial charge on any atom is -0.375 e. The van der Waals surface area contributed by atoms with E-state index in [1.54, 1.807) is 0 Å². The predicted molar refractivity (Wildman–Crippen MR) is 82.7 cm³/mol. The molecular formula is C16H19ClN2. The fourth-order valence-electron chi connectivity index (χ4n) is 2.08. The first-order valence-corrected chi connectivity index (χ1v) is 6.82. The van der Waals surface area contributed by atoms with Crippen molar-refractivity contribution in [2.24, 2.45) is 5.73 Å². The van der Waals surface area contributed by atoms with Crippen molar-refractivity contribution >= 4 is 17.3 Å². The number of hydrogen-bond acceptors (Lipinski definition) is 2. The first kappa shape index (κ1) is 13.9. The van der Waals surface area contributed by atoms with Gasteiger partial charge in [-0.1, -0.05) is 48.0 Å². The summed E-state index contributed by atoms with van der Waals surface area (Å²) in [5.74, 6) is 0. The van der Waals surface area contributed by atoms with Gasteiger partial charge in [-0.05, 0) is 30.2 Å². The van der Waals surface area contributed by atoms with E-state index in [4.69, 9.17) is 17.3 Å². The second kappa shape index (κ2) is 6.60. The first-order chi connectivity index (χ1) is 9.18. The third kappa shape index (κ3) is 3.72. The van der Waals surface area contributed by atoms with Crippen molar-refractivity contribution < 1.29 is 0 Å². The number of halogens is 1. The Hall–Kier alpha value is -1.51. The van der Waals surface area contributed by atoms with Gasteiger partial charge in [-0.15, -0.1) is 0 Å². The van der Waals surface area contributed by atoms with Gasteiger partial charge in [-0.3, -0.25) is 0 Å². The Bertz CT molecular complexity index is 513. The zero-order valence-corrected chi connectivity index (χ0v) is 11.8. The maximum absolute atomic E-state index is 6.21. The molecule has 2 N–H and O–H groups in total. The maximum atomic E-state index is 6.21. The molecule has 0 saturated heterocycles. The molecule has 2 aromatic carbocycles. The molecule has 0 bridgehead atoms. The van der Waals surface area contributed by atoms with Crippen LogP contribution in [0.1, 0.15) is 18.0 Å². The summed E-state index contributed by atoms with van der Waals surface area (Å²) in [7, 11) is 2.08. The van der Waals surface area contributed by atoms with E-state index in [1.165, 1.54) is 5.69 Å². The van der Waals surface area contributed by atoms with Crippen LogP contribution in [0.4, 0.5) is 5.69 Å². The van der Waals surface area contributed by atoms with Gasteiger partial charge in [0, 0.05) is 30.3 Å². The van der Waals surface area contributed by atoms with Crippen molar-refractivity contribution in [2.75, 3.05) is 18.5 Å². The molecule has 0 aliphatic carbocycles. The van der Waals surface area contributed by atoms with Gasteiger partial charge in [0.25, 0.3) is 0 Å². The van der Waals surface area contributed by atoms with Crippen molar-refractivity contribution in [1.29, 1.82) is 0 Å². The van der Waals surface area contributed by atoms with E-state index in [0.29, 0.717) is 0 Å². The fraction of sp³-hybridized carbons (Fsp3) is 0.250. The van der Waals surface area contributed by atoms with Crippen LogP contribution in [0, 0.1) is 0 Å². The lowest BCUT2D eigenvalue weighted by atomic mass is 10.0. The molecule has 0 amide bonds. The largest absolute Gasteiger partial charge is 0.375 e. The average Bonchev–Trinajstić information content (AvgIpc) is 2.46. The fourth-order valence-corrected chi connectivity index (χ4v) is 2.35. The highest BCUT2D eigenvalue weighted by Gasteiger charge is 2.10. The zero-order valence-electron chi connectivity index (χ0n) is 11.1. The molecule has 1 unspecified atom stereocenters. The van der Waals surface area contributed by atoms with Crippen LogP contribution in [-0.2, 0) is 0 Å². The topological polar surface area (TPSA) is 29.3 Å². The summed E-state index contributed by atoms with van der Waals surface area (Å²) in [6, 6.07) is 18.1. The number of rotatable bonds is 5. The van der Waals surface area contributed by atoms with Gasteiger partial charge < -0.3 is 10.6 Å². The molecule has 0 aliphatic rings. The molecule has 0 saturated carbocycles. The van der Waals surface area contributed by atoms with Crippen LogP contribution in [0.25, 0.3) is 0 Å². The molecule has 0 fully saturated rings. The Kier molecular flexibility index (Phi) is 4.83. The molecule has 2 aromatic rings. The Balaban J connectivity index is 1.94. The van der Waals surface area contributed by atoms with Gasteiger partial charge in [-0.2, -0.15) is 0 Å². The highest BCUT2D eigenvalue weighted by Crippen LogP contribution is 2.23. The quantitative estimate of drug-likeness (QED) is 0.897. The van der Waals surface area contributed by atoms with Gasteiger partial charge in [0.2, 0.25) is 0 Å². The van der Waals surface area contributed by atoms with E-state index in [0.717, 1.165) is 23.6 Å². The third-order valence-corrected chi connectivity index (χ3v) is 3.62. The Morgan fingerprint density at radius 3 is 2.37 bits per heavy atom. The lowest BCUT2D eigenvalue weighted by Crippen LogP contribution is -2.23. The lowest BCUT2D eigenvalue weighted by Gasteiger charge is -2.22. The Morgan fingerprint density at radius 2 is 1.68 bits per heavy atom. The monoisotopic (exact) mass is 274 g/mol. The van der Waals surface area contributed by atoms with Crippen LogP contribution < -0.4 is 10.6 Å². The van der Waals surface area contributed by atoms with Crippen molar-refractivity contribution in [3.05, 3.63) is 65.2 Å². The third-order valence-electron chi connectivity index (χ3n) is 3.28. The smallest absolute Gasteiger partial charge is 0.0453 e. The van der Waals surface area contributed by atoms with Crippen LogP contribution in [0.5, 0.6) is 0 Å². The summed E-state index contributed by atoms with van der Waals surface area (Å²) in [5.41, 5.74) is 8.43. The van der Waals surface area contributed by atoms with Crippen LogP contribution >= 0.6 is 11.6 Å². The number of anilines is 1. The molecule has 100 valence electrons. The normalized spacial score (nSPS) is 12.2. The summed E-state index contributed by atoms with van der Waals surface area (Å²) in [6.45, 7) is 0.899.